The number of anilines is 2. The molecule has 1 aliphatic rings. The molecule has 1 aliphatic heterocycles. The predicted molar refractivity (Wildman–Crippen MR) is 159 cm³/mol. The largest absolute Gasteiger partial charge is 0.371 e. The van der Waals surface area contributed by atoms with Gasteiger partial charge in [0, 0.05) is 34.7 Å². The smallest absolute Gasteiger partial charge is 0.229 e. The van der Waals surface area contributed by atoms with Crippen molar-refractivity contribution in [2.45, 2.75) is 26.2 Å². The van der Waals surface area contributed by atoms with Crippen molar-refractivity contribution in [3.05, 3.63) is 88.0 Å². The third kappa shape index (κ3) is 6.70. The standard InChI is InChI=1S/C30H34N6OS/c1-21-17-29-26(20-28(21)33-30(37)19-25-9-6-16-38-25)27(34-35-29)11-10-23-7-5-8-24(18-23)32-22(2)31-12-15-36-13-3-4-14-36/h5-11,16-18,20,31-32H,2-4,12-15,19H2,1H3,(H,33,37)(H,34,35)/b11-10+. The second-order valence-corrected chi connectivity index (χ2v) is 10.7. The molecule has 1 amide bonds. The first kappa shape index (κ1) is 25.8. The molecule has 0 unspecified atom stereocenters. The van der Waals surface area contributed by atoms with Crippen LogP contribution in [-0.2, 0) is 11.2 Å². The van der Waals surface area contributed by atoms with Gasteiger partial charge in [-0.2, -0.15) is 5.10 Å². The normalized spacial score (nSPS) is 13.8. The van der Waals surface area contributed by atoms with Crippen LogP contribution in [0.2, 0.25) is 0 Å². The number of aromatic nitrogens is 2. The van der Waals surface area contributed by atoms with Gasteiger partial charge in [0.15, 0.2) is 0 Å². The zero-order valence-electron chi connectivity index (χ0n) is 21.7. The number of H-pyrrole nitrogens is 1. The van der Waals surface area contributed by atoms with Crippen LogP contribution in [0.15, 0.2) is 66.3 Å². The molecule has 2 aromatic heterocycles. The van der Waals surface area contributed by atoms with E-state index in [9.17, 15) is 4.79 Å². The Bertz CT molecular complexity index is 1430. The van der Waals surface area contributed by atoms with Crippen molar-refractivity contribution in [2.24, 2.45) is 0 Å². The van der Waals surface area contributed by atoms with E-state index in [2.05, 4.69) is 49.8 Å². The Morgan fingerprint density at radius 1 is 1.13 bits per heavy atom. The van der Waals surface area contributed by atoms with E-state index in [0.29, 0.717) is 6.42 Å². The number of nitrogens with zero attached hydrogens (tertiary/aromatic N) is 2. The number of thiophene rings is 1. The van der Waals surface area contributed by atoms with Crippen LogP contribution in [0.4, 0.5) is 11.4 Å². The summed E-state index contributed by atoms with van der Waals surface area (Å²) in [5.41, 5.74) is 5.57. The molecule has 5 rings (SSSR count). The number of aryl methyl sites for hydroxylation is 1. The quantitative estimate of drug-likeness (QED) is 0.197. The van der Waals surface area contributed by atoms with Gasteiger partial charge in [-0.15, -0.1) is 11.3 Å². The molecule has 3 heterocycles. The van der Waals surface area contributed by atoms with Crippen molar-refractivity contribution in [3.8, 4) is 0 Å². The molecule has 1 saturated heterocycles. The fraction of sp³-hybridized carbons (Fsp3) is 0.267. The number of amides is 1. The molecule has 0 saturated carbocycles. The fourth-order valence-corrected chi connectivity index (χ4v) is 5.41. The number of fused-ring (bicyclic) bond motifs is 1. The number of carbonyl (C=O) groups excluding carboxylic acids is 1. The minimum absolute atomic E-state index is 0.0214. The van der Waals surface area contributed by atoms with E-state index in [0.717, 1.165) is 62.9 Å². The molecule has 38 heavy (non-hydrogen) atoms. The SMILES string of the molecule is C=C(NCCN1CCCC1)Nc1cccc(/C=C/c2n[nH]c3cc(C)c(NC(=O)Cc4cccs4)cc23)c1. The molecular formula is C30H34N6OS. The Labute approximate surface area is 227 Å². The highest BCUT2D eigenvalue weighted by molar-refractivity contribution is 7.10. The van der Waals surface area contributed by atoms with E-state index < -0.39 is 0 Å². The Balaban J connectivity index is 1.22. The number of likely N-dealkylation sites (tertiary alicyclic amines) is 1. The van der Waals surface area contributed by atoms with Crippen LogP contribution in [0.1, 0.15) is 34.5 Å². The lowest BCUT2D eigenvalue weighted by Gasteiger charge is -2.17. The summed E-state index contributed by atoms with van der Waals surface area (Å²) in [6.45, 7) is 10.4. The van der Waals surface area contributed by atoms with Crippen LogP contribution in [0.3, 0.4) is 0 Å². The average Bonchev–Trinajstić information content (AvgIpc) is 3.67. The van der Waals surface area contributed by atoms with Crippen LogP contribution in [-0.4, -0.2) is 47.2 Å². The van der Waals surface area contributed by atoms with Gasteiger partial charge in [0.25, 0.3) is 0 Å². The molecule has 4 aromatic rings. The van der Waals surface area contributed by atoms with Gasteiger partial charge < -0.3 is 20.9 Å². The van der Waals surface area contributed by atoms with Crippen molar-refractivity contribution in [2.75, 3.05) is 36.8 Å². The zero-order chi connectivity index (χ0) is 26.3. The Kier molecular flexibility index (Phi) is 8.21. The summed E-state index contributed by atoms with van der Waals surface area (Å²) in [5.74, 6) is 0.777. The lowest BCUT2D eigenvalue weighted by atomic mass is 10.1. The summed E-state index contributed by atoms with van der Waals surface area (Å²) in [4.78, 5) is 16.1. The van der Waals surface area contributed by atoms with Gasteiger partial charge >= 0.3 is 0 Å². The zero-order valence-corrected chi connectivity index (χ0v) is 22.5. The topological polar surface area (TPSA) is 85.1 Å². The molecule has 1 fully saturated rings. The van der Waals surface area contributed by atoms with E-state index in [-0.39, 0.29) is 5.91 Å². The van der Waals surface area contributed by atoms with Crippen molar-refractivity contribution >= 4 is 51.7 Å². The summed E-state index contributed by atoms with van der Waals surface area (Å²) in [5, 5.41) is 20.4. The average molecular weight is 527 g/mol. The minimum Gasteiger partial charge on any atom is -0.371 e. The first-order valence-electron chi connectivity index (χ1n) is 13.0. The second-order valence-electron chi connectivity index (χ2n) is 9.66. The molecule has 4 N–H and O–H groups in total. The molecular weight excluding hydrogens is 492 g/mol. The van der Waals surface area contributed by atoms with Gasteiger partial charge in [-0.1, -0.05) is 30.9 Å². The van der Waals surface area contributed by atoms with E-state index in [1.54, 1.807) is 11.3 Å². The highest BCUT2D eigenvalue weighted by Crippen LogP contribution is 2.26. The van der Waals surface area contributed by atoms with E-state index in [4.69, 9.17) is 0 Å². The molecule has 8 heteroatoms. The van der Waals surface area contributed by atoms with Gasteiger partial charge in [-0.05, 0) is 85.8 Å². The Morgan fingerprint density at radius 2 is 2.00 bits per heavy atom. The number of rotatable bonds is 11. The van der Waals surface area contributed by atoms with E-state index in [1.165, 1.54) is 25.9 Å². The predicted octanol–water partition coefficient (Wildman–Crippen LogP) is 5.85. The van der Waals surface area contributed by atoms with Crippen molar-refractivity contribution in [3.63, 3.8) is 0 Å². The number of aromatic amines is 1. The first-order valence-corrected chi connectivity index (χ1v) is 13.9. The second kappa shape index (κ2) is 12.1. The molecule has 0 aliphatic carbocycles. The molecule has 0 spiro atoms. The molecule has 7 nitrogen and oxygen atoms in total. The summed E-state index contributed by atoms with van der Waals surface area (Å²) in [7, 11) is 0. The third-order valence-electron chi connectivity index (χ3n) is 6.71. The lowest BCUT2D eigenvalue weighted by molar-refractivity contribution is -0.115. The van der Waals surface area contributed by atoms with Gasteiger partial charge in [0.2, 0.25) is 5.91 Å². The first-order chi connectivity index (χ1) is 18.5. The number of nitrogens with one attached hydrogen (secondary N) is 4. The minimum atomic E-state index is -0.0214. The van der Waals surface area contributed by atoms with Gasteiger partial charge in [0.1, 0.15) is 0 Å². The van der Waals surface area contributed by atoms with Gasteiger partial charge in [-0.25, -0.2) is 0 Å². The number of benzene rings is 2. The fourth-order valence-electron chi connectivity index (χ4n) is 4.71. The third-order valence-corrected chi connectivity index (χ3v) is 7.58. The molecule has 0 radical (unpaired) electrons. The Hall–Kier alpha value is -3.88. The van der Waals surface area contributed by atoms with Gasteiger partial charge in [-0.3, -0.25) is 9.89 Å². The summed E-state index contributed by atoms with van der Waals surface area (Å²) in [6.07, 6.45) is 7.02. The van der Waals surface area contributed by atoms with Crippen molar-refractivity contribution in [1.82, 2.24) is 20.4 Å². The number of hydrogen-bond donors (Lipinski definition) is 4. The Morgan fingerprint density at radius 3 is 2.82 bits per heavy atom. The van der Waals surface area contributed by atoms with Crippen LogP contribution in [0, 0.1) is 6.92 Å². The summed E-state index contributed by atoms with van der Waals surface area (Å²) < 4.78 is 0. The maximum Gasteiger partial charge on any atom is 0.229 e. The number of carbonyl (C=O) groups is 1. The maximum absolute atomic E-state index is 12.6. The summed E-state index contributed by atoms with van der Waals surface area (Å²) in [6, 6.07) is 16.1. The van der Waals surface area contributed by atoms with Crippen molar-refractivity contribution < 1.29 is 4.79 Å². The molecule has 0 bridgehead atoms. The monoisotopic (exact) mass is 526 g/mol. The highest BCUT2D eigenvalue weighted by atomic mass is 32.1. The van der Waals surface area contributed by atoms with E-state index in [1.807, 2.05) is 60.9 Å². The van der Waals surface area contributed by atoms with Gasteiger partial charge in [0.05, 0.1) is 23.5 Å². The van der Waals surface area contributed by atoms with Crippen LogP contribution >= 0.6 is 11.3 Å². The molecule has 2 aromatic carbocycles. The molecule has 0 atom stereocenters. The van der Waals surface area contributed by atoms with Crippen molar-refractivity contribution in [1.29, 1.82) is 0 Å². The van der Waals surface area contributed by atoms with Crippen LogP contribution in [0.25, 0.3) is 23.1 Å². The molecule has 196 valence electrons. The number of hydrogen-bond acceptors (Lipinski definition) is 6. The summed E-state index contributed by atoms with van der Waals surface area (Å²) >= 11 is 1.59. The van der Waals surface area contributed by atoms with E-state index >= 15 is 0 Å². The maximum atomic E-state index is 12.6. The highest BCUT2D eigenvalue weighted by Gasteiger charge is 2.12. The van der Waals surface area contributed by atoms with Crippen LogP contribution < -0.4 is 16.0 Å². The lowest BCUT2D eigenvalue weighted by Crippen LogP contribution is -2.31. The van der Waals surface area contributed by atoms with Crippen LogP contribution in [0.5, 0.6) is 0 Å².